The van der Waals surface area contributed by atoms with Gasteiger partial charge < -0.3 is 29.9 Å². The number of likely N-dealkylation sites (tertiary alicyclic amines) is 1. The molecule has 1 saturated heterocycles. The molecule has 1 aromatic heterocycles. The van der Waals surface area contributed by atoms with E-state index in [1.165, 1.54) is 6.42 Å². The van der Waals surface area contributed by atoms with Gasteiger partial charge >= 0.3 is 6.03 Å². The number of carbonyl (C=O) groups excluding carboxylic acids is 2. The van der Waals surface area contributed by atoms with E-state index in [4.69, 9.17) is 4.74 Å². The van der Waals surface area contributed by atoms with Crippen molar-refractivity contribution < 1.29 is 19.4 Å². The van der Waals surface area contributed by atoms with E-state index >= 15 is 0 Å². The number of hydrogen-bond donors (Lipinski definition) is 3. The van der Waals surface area contributed by atoms with E-state index in [0.717, 1.165) is 53.6 Å². The first kappa shape index (κ1) is 23.0. The molecule has 0 radical (unpaired) electrons. The second-order valence-electron chi connectivity index (χ2n) is 10.6. The highest BCUT2D eigenvalue weighted by molar-refractivity contribution is 5.90. The zero-order chi connectivity index (χ0) is 24.0. The van der Waals surface area contributed by atoms with Crippen molar-refractivity contribution in [2.75, 3.05) is 33.4 Å². The largest absolute Gasteiger partial charge is 0.497 e. The van der Waals surface area contributed by atoms with E-state index in [1.807, 2.05) is 35.8 Å². The molecule has 2 fully saturated rings. The minimum absolute atomic E-state index is 0.0197. The Morgan fingerprint density at radius 1 is 1.21 bits per heavy atom. The van der Waals surface area contributed by atoms with E-state index in [9.17, 15) is 14.7 Å². The molecule has 3 amide bonds. The van der Waals surface area contributed by atoms with E-state index in [2.05, 4.69) is 16.4 Å². The second-order valence-corrected chi connectivity index (χ2v) is 10.6. The van der Waals surface area contributed by atoms with Gasteiger partial charge in [-0.05, 0) is 44.4 Å². The van der Waals surface area contributed by atoms with Gasteiger partial charge in [-0.25, -0.2) is 4.79 Å². The molecule has 5 rings (SSSR count). The van der Waals surface area contributed by atoms with Gasteiger partial charge in [0.05, 0.1) is 25.2 Å². The summed E-state index contributed by atoms with van der Waals surface area (Å²) in [5.74, 6) is 0.916. The van der Waals surface area contributed by atoms with Gasteiger partial charge in [-0.1, -0.05) is 19.3 Å². The molecule has 2 aromatic rings. The van der Waals surface area contributed by atoms with E-state index in [-0.39, 0.29) is 35.9 Å². The number of benzene rings is 1. The molecule has 184 valence electrons. The van der Waals surface area contributed by atoms with E-state index < -0.39 is 6.04 Å². The predicted molar refractivity (Wildman–Crippen MR) is 130 cm³/mol. The van der Waals surface area contributed by atoms with Crippen LogP contribution in [0.3, 0.4) is 0 Å². The van der Waals surface area contributed by atoms with E-state index in [0.29, 0.717) is 19.6 Å². The molecule has 8 heteroatoms. The Morgan fingerprint density at radius 2 is 1.94 bits per heavy atom. The quantitative estimate of drug-likeness (QED) is 0.641. The van der Waals surface area contributed by atoms with Crippen LogP contribution < -0.4 is 10.1 Å². The molecule has 8 nitrogen and oxygen atoms in total. The van der Waals surface area contributed by atoms with Crippen molar-refractivity contribution in [1.29, 1.82) is 0 Å². The van der Waals surface area contributed by atoms with Gasteiger partial charge in [0.1, 0.15) is 5.75 Å². The minimum Gasteiger partial charge on any atom is -0.497 e. The Labute approximate surface area is 200 Å². The molecule has 3 heterocycles. The van der Waals surface area contributed by atoms with Crippen LogP contribution in [0.25, 0.3) is 10.9 Å². The van der Waals surface area contributed by atoms with Crippen LogP contribution in [0.5, 0.6) is 5.75 Å². The average Bonchev–Trinajstić information content (AvgIpc) is 3.20. The summed E-state index contributed by atoms with van der Waals surface area (Å²) in [6.45, 7) is 5.38. The van der Waals surface area contributed by atoms with Gasteiger partial charge in [0.15, 0.2) is 0 Å². The number of rotatable bonds is 4. The first-order valence-electron chi connectivity index (χ1n) is 12.5. The lowest BCUT2D eigenvalue weighted by molar-refractivity contribution is -0.143. The summed E-state index contributed by atoms with van der Waals surface area (Å²) < 4.78 is 5.43. The molecule has 1 saturated carbocycles. The molecule has 34 heavy (non-hydrogen) atoms. The van der Waals surface area contributed by atoms with Crippen molar-refractivity contribution in [3.8, 4) is 5.75 Å². The lowest BCUT2D eigenvalue weighted by Gasteiger charge is -2.56. The first-order valence-corrected chi connectivity index (χ1v) is 12.5. The SMILES string of the molecule is COc1ccc2c3c([nH]c2c1)[C@H](CO)N(C(=O)C1CCCCC1)CC31CN(C(=O)NC(C)C)C1. The summed E-state index contributed by atoms with van der Waals surface area (Å²) in [4.78, 5) is 33.7. The summed E-state index contributed by atoms with van der Waals surface area (Å²) in [7, 11) is 1.64. The maximum Gasteiger partial charge on any atom is 0.317 e. The number of amides is 3. The maximum atomic E-state index is 13.7. The molecular formula is C26H36N4O4. The number of aromatic amines is 1. The second kappa shape index (κ2) is 8.80. The molecule has 3 aliphatic rings. The van der Waals surface area contributed by atoms with Crippen LogP contribution in [0.2, 0.25) is 0 Å². The van der Waals surface area contributed by atoms with Crippen LogP contribution in [0.4, 0.5) is 4.79 Å². The van der Waals surface area contributed by atoms with Gasteiger partial charge in [-0.2, -0.15) is 0 Å². The smallest absolute Gasteiger partial charge is 0.317 e. The first-order chi connectivity index (χ1) is 16.4. The van der Waals surface area contributed by atoms with Crippen LogP contribution in [-0.4, -0.2) is 71.2 Å². The summed E-state index contributed by atoms with van der Waals surface area (Å²) in [6.07, 6.45) is 5.19. The lowest BCUT2D eigenvalue weighted by Crippen LogP contribution is -2.69. The lowest BCUT2D eigenvalue weighted by atomic mass is 9.68. The monoisotopic (exact) mass is 468 g/mol. The van der Waals surface area contributed by atoms with Crippen molar-refractivity contribution >= 4 is 22.8 Å². The van der Waals surface area contributed by atoms with Crippen molar-refractivity contribution in [2.45, 2.75) is 63.5 Å². The third-order valence-electron chi connectivity index (χ3n) is 7.84. The number of carbonyl (C=O) groups is 2. The molecular weight excluding hydrogens is 432 g/mol. The molecule has 1 spiro atoms. The Morgan fingerprint density at radius 3 is 2.59 bits per heavy atom. The minimum atomic E-state index is -0.410. The number of hydrogen-bond acceptors (Lipinski definition) is 4. The number of nitrogens with zero attached hydrogens (tertiary/aromatic N) is 2. The Hall–Kier alpha value is -2.74. The van der Waals surface area contributed by atoms with Gasteiger partial charge in [-0.15, -0.1) is 0 Å². The maximum absolute atomic E-state index is 13.7. The number of H-pyrrole nitrogens is 1. The highest BCUT2D eigenvalue weighted by atomic mass is 16.5. The van der Waals surface area contributed by atoms with Crippen molar-refractivity contribution in [2.24, 2.45) is 5.92 Å². The fraction of sp³-hybridized carbons (Fsp3) is 0.615. The molecule has 1 aromatic carbocycles. The van der Waals surface area contributed by atoms with Crippen molar-refractivity contribution in [3.63, 3.8) is 0 Å². The molecule has 0 unspecified atom stereocenters. The average molecular weight is 469 g/mol. The number of nitrogens with one attached hydrogen (secondary N) is 2. The number of urea groups is 1. The van der Waals surface area contributed by atoms with Crippen LogP contribution in [0.1, 0.15) is 63.3 Å². The Kier molecular flexibility index (Phi) is 5.96. The van der Waals surface area contributed by atoms with Crippen LogP contribution in [0, 0.1) is 5.92 Å². The van der Waals surface area contributed by atoms with Crippen LogP contribution in [0.15, 0.2) is 18.2 Å². The number of fused-ring (bicyclic) bond motifs is 4. The van der Waals surface area contributed by atoms with Gasteiger partial charge in [0.2, 0.25) is 5.91 Å². The standard InChI is InChI=1S/C26H36N4O4/c1-16(2)27-25(33)29-13-26(14-29)15-30(24(32)17-7-5-4-6-8-17)21(12-31)23-22(26)19-10-9-18(34-3)11-20(19)28-23/h9-11,16-17,21,28,31H,4-8,12-15H2,1-3H3,(H,27,33)/t21-/m0/s1. The highest BCUT2D eigenvalue weighted by Gasteiger charge is 2.55. The zero-order valence-electron chi connectivity index (χ0n) is 20.4. The topological polar surface area (TPSA) is 97.9 Å². The number of methoxy groups -OCH3 is 1. The van der Waals surface area contributed by atoms with Crippen LogP contribution in [-0.2, 0) is 10.2 Å². The van der Waals surface area contributed by atoms with Crippen molar-refractivity contribution in [3.05, 3.63) is 29.5 Å². The van der Waals surface area contributed by atoms with Crippen LogP contribution >= 0.6 is 0 Å². The molecule has 1 atom stereocenters. The normalized spacial score (nSPS) is 22.1. The van der Waals surface area contributed by atoms with Crippen molar-refractivity contribution in [1.82, 2.24) is 20.1 Å². The van der Waals surface area contributed by atoms with E-state index in [1.54, 1.807) is 7.11 Å². The summed E-state index contributed by atoms with van der Waals surface area (Å²) in [5.41, 5.74) is 2.60. The zero-order valence-corrected chi connectivity index (χ0v) is 20.4. The third kappa shape index (κ3) is 3.72. The van der Waals surface area contributed by atoms with Gasteiger partial charge in [0, 0.05) is 54.3 Å². The predicted octanol–water partition coefficient (Wildman–Crippen LogP) is 3.30. The fourth-order valence-corrected chi connectivity index (χ4v) is 6.25. The fourth-order valence-electron chi connectivity index (χ4n) is 6.25. The number of ether oxygens (including phenoxy) is 1. The molecule has 2 aliphatic heterocycles. The third-order valence-corrected chi connectivity index (χ3v) is 7.84. The molecule has 3 N–H and O–H groups in total. The molecule has 1 aliphatic carbocycles. The summed E-state index contributed by atoms with van der Waals surface area (Å²) >= 11 is 0. The Balaban J connectivity index is 1.55. The van der Waals surface area contributed by atoms with Gasteiger partial charge in [0.25, 0.3) is 0 Å². The summed E-state index contributed by atoms with van der Waals surface area (Å²) in [5, 5.41) is 14.5. The number of aliphatic hydroxyl groups is 1. The Bertz CT molecular complexity index is 1080. The molecule has 0 bridgehead atoms. The summed E-state index contributed by atoms with van der Waals surface area (Å²) in [6, 6.07) is 5.54. The van der Waals surface area contributed by atoms with Gasteiger partial charge in [-0.3, -0.25) is 4.79 Å². The number of aliphatic hydroxyl groups excluding tert-OH is 1. The number of aromatic nitrogens is 1. The highest BCUT2D eigenvalue weighted by Crippen LogP contribution is 2.49.